The number of rotatable bonds is 5. The van der Waals surface area contributed by atoms with Crippen molar-refractivity contribution in [3.63, 3.8) is 0 Å². The van der Waals surface area contributed by atoms with E-state index in [9.17, 15) is 4.79 Å². The first-order valence-electron chi connectivity index (χ1n) is 8.36. The van der Waals surface area contributed by atoms with Crippen LogP contribution in [-0.4, -0.2) is 23.0 Å². The number of carbonyl (C=O) groups excluding carboxylic acids is 1. The summed E-state index contributed by atoms with van der Waals surface area (Å²) >= 11 is 6.15. The second-order valence-corrected chi connectivity index (χ2v) is 6.68. The Balaban J connectivity index is 1.50. The average Bonchev–Trinajstić information content (AvgIpc) is 3.04. The molecule has 1 aromatic carbocycles. The first kappa shape index (κ1) is 17.0. The monoisotopic (exact) mass is 347 g/mol. The maximum absolute atomic E-state index is 12.1. The molecule has 3 rings (SSSR count). The molecule has 2 aromatic rings. The van der Waals surface area contributed by atoms with Crippen LogP contribution in [0.4, 0.5) is 0 Å². The Kier molecular flexibility index (Phi) is 5.53. The van der Waals surface area contributed by atoms with Crippen molar-refractivity contribution in [2.24, 2.45) is 5.73 Å². The number of nitrogens with two attached hydrogens (primary N) is 1. The van der Waals surface area contributed by atoms with Crippen LogP contribution in [-0.2, 0) is 11.2 Å². The normalized spacial score (nSPS) is 20.8. The predicted octanol–water partition coefficient (Wildman–Crippen LogP) is 3.31. The van der Waals surface area contributed by atoms with Crippen LogP contribution < -0.4 is 11.1 Å². The van der Waals surface area contributed by atoms with Gasteiger partial charge in [0.05, 0.1) is 11.2 Å². The van der Waals surface area contributed by atoms with E-state index in [-0.39, 0.29) is 18.0 Å². The van der Waals surface area contributed by atoms with Crippen molar-refractivity contribution in [3.05, 3.63) is 41.4 Å². The van der Waals surface area contributed by atoms with Crippen molar-refractivity contribution in [1.29, 1.82) is 0 Å². The van der Waals surface area contributed by atoms with E-state index in [1.54, 1.807) is 6.20 Å². The molecule has 0 spiro atoms. The number of carbonyl (C=O) groups is 1. The molecule has 1 aliphatic rings. The van der Waals surface area contributed by atoms with E-state index in [2.05, 4.69) is 10.3 Å². The maximum atomic E-state index is 12.1. The highest BCUT2D eigenvalue weighted by atomic mass is 35.5. The summed E-state index contributed by atoms with van der Waals surface area (Å²) in [6.45, 7) is 0. The van der Waals surface area contributed by atoms with E-state index in [1.807, 2.05) is 24.3 Å². The molecule has 0 bridgehead atoms. The molecule has 128 valence electrons. The topological polar surface area (TPSA) is 81.1 Å². The Bertz CT molecular complexity index is 693. The molecule has 0 aliphatic heterocycles. The van der Waals surface area contributed by atoms with Crippen molar-refractivity contribution in [1.82, 2.24) is 10.3 Å². The van der Waals surface area contributed by atoms with Crippen LogP contribution in [0, 0.1) is 0 Å². The van der Waals surface area contributed by atoms with Crippen molar-refractivity contribution in [2.45, 2.75) is 50.6 Å². The summed E-state index contributed by atoms with van der Waals surface area (Å²) in [6, 6.07) is 7.99. The quantitative estimate of drug-likeness (QED) is 0.869. The van der Waals surface area contributed by atoms with Crippen LogP contribution in [0.25, 0.3) is 11.3 Å². The van der Waals surface area contributed by atoms with Crippen LogP contribution in [0.15, 0.2) is 34.9 Å². The number of nitrogens with one attached hydrogen (secondary N) is 1. The van der Waals surface area contributed by atoms with Crippen molar-refractivity contribution >= 4 is 17.5 Å². The summed E-state index contributed by atoms with van der Waals surface area (Å²) < 4.78 is 5.71. The Morgan fingerprint density at radius 3 is 2.79 bits per heavy atom. The number of aromatic nitrogens is 1. The van der Waals surface area contributed by atoms with Gasteiger partial charge >= 0.3 is 0 Å². The van der Waals surface area contributed by atoms with Crippen LogP contribution in [0.1, 0.15) is 38.0 Å². The van der Waals surface area contributed by atoms with E-state index in [1.165, 1.54) is 0 Å². The van der Waals surface area contributed by atoms with E-state index in [4.69, 9.17) is 21.8 Å². The number of amides is 1. The van der Waals surface area contributed by atoms with Gasteiger partial charge in [0.15, 0.2) is 11.7 Å². The molecule has 0 atom stereocenters. The van der Waals surface area contributed by atoms with Crippen molar-refractivity contribution < 1.29 is 9.21 Å². The standard InChI is InChI=1S/C18H22ClN3O2/c19-15-4-2-1-3-14(15)16-11-21-18(24-16)10-9-17(23)22-13-7-5-12(20)6-8-13/h1-4,11-13H,5-10,20H2,(H,22,23). The molecule has 5 nitrogen and oxygen atoms in total. The molecule has 3 N–H and O–H groups in total. The molecule has 6 heteroatoms. The van der Waals surface area contributed by atoms with E-state index >= 15 is 0 Å². The highest BCUT2D eigenvalue weighted by molar-refractivity contribution is 6.33. The van der Waals surface area contributed by atoms with Gasteiger partial charge in [0.25, 0.3) is 0 Å². The first-order chi connectivity index (χ1) is 11.6. The average molecular weight is 348 g/mol. The minimum absolute atomic E-state index is 0.0352. The summed E-state index contributed by atoms with van der Waals surface area (Å²) in [5, 5.41) is 3.69. The molecular weight excluding hydrogens is 326 g/mol. The maximum Gasteiger partial charge on any atom is 0.220 e. The fourth-order valence-corrected chi connectivity index (χ4v) is 3.22. The van der Waals surface area contributed by atoms with Gasteiger partial charge in [0.1, 0.15) is 0 Å². The van der Waals surface area contributed by atoms with Crippen LogP contribution in [0.2, 0.25) is 5.02 Å². The Hall–Kier alpha value is -1.85. The second kappa shape index (κ2) is 7.81. The lowest BCUT2D eigenvalue weighted by atomic mass is 9.92. The Morgan fingerprint density at radius 1 is 1.29 bits per heavy atom. The lowest BCUT2D eigenvalue weighted by Crippen LogP contribution is -2.40. The zero-order valence-electron chi connectivity index (χ0n) is 13.5. The summed E-state index contributed by atoms with van der Waals surface area (Å²) in [4.78, 5) is 16.3. The molecule has 1 saturated carbocycles. The third-order valence-electron chi connectivity index (χ3n) is 4.40. The second-order valence-electron chi connectivity index (χ2n) is 6.28. The smallest absolute Gasteiger partial charge is 0.220 e. The van der Waals surface area contributed by atoms with E-state index in [0.29, 0.717) is 29.5 Å². The number of aryl methyl sites for hydroxylation is 1. The van der Waals surface area contributed by atoms with Gasteiger partial charge in [0.2, 0.25) is 5.91 Å². The molecule has 1 fully saturated rings. The molecule has 1 amide bonds. The molecular formula is C18H22ClN3O2. The number of oxazole rings is 1. The fourth-order valence-electron chi connectivity index (χ4n) is 3.00. The van der Waals surface area contributed by atoms with Gasteiger partial charge in [-0.05, 0) is 37.8 Å². The predicted molar refractivity (Wildman–Crippen MR) is 93.6 cm³/mol. The Labute approximate surface area is 146 Å². The Morgan fingerprint density at radius 2 is 2.04 bits per heavy atom. The van der Waals surface area contributed by atoms with E-state index in [0.717, 1.165) is 31.2 Å². The van der Waals surface area contributed by atoms with Gasteiger partial charge in [-0.1, -0.05) is 23.7 Å². The largest absolute Gasteiger partial charge is 0.441 e. The number of hydrogen-bond donors (Lipinski definition) is 2. The summed E-state index contributed by atoms with van der Waals surface area (Å²) in [7, 11) is 0. The minimum Gasteiger partial charge on any atom is -0.441 e. The molecule has 1 aliphatic carbocycles. The van der Waals surface area contributed by atoms with Crippen LogP contribution >= 0.6 is 11.6 Å². The minimum atomic E-state index is 0.0352. The third-order valence-corrected chi connectivity index (χ3v) is 4.73. The zero-order valence-corrected chi connectivity index (χ0v) is 14.3. The highest BCUT2D eigenvalue weighted by Gasteiger charge is 2.20. The third kappa shape index (κ3) is 4.36. The summed E-state index contributed by atoms with van der Waals surface area (Å²) in [6.07, 6.45) is 6.37. The first-order valence-corrected chi connectivity index (χ1v) is 8.74. The van der Waals surface area contributed by atoms with Gasteiger partial charge in [-0.25, -0.2) is 4.98 Å². The SMILES string of the molecule is NC1CCC(NC(=O)CCc2ncc(-c3ccccc3Cl)o2)CC1. The number of benzene rings is 1. The van der Waals surface area contributed by atoms with E-state index < -0.39 is 0 Å². The van der Waals surface area contributed by atoms with Crippen molar-refractivity contribution in [3.8, 4) is 11.3 Å². The van der Waals surface area contributed by atoms with Gasteiger partial charge in [-0.15, -0.1) is 0 Å². The molecule has 1 heterocycles. The lowest BCUT2D eigenvalue weighted by Gasteiger charge is -2.26. The molecule has 24 heavy (non-hydrogen) atoms. The molecule has 0 saturated heterocycles. The van der Waals surface area contributed by atoms with Gasteiger partial charge in [-0.3, -0.25) is 4.79 Å². The van der Waals surface area contributed by atoms with Gasteiger partial charge < -0.3 is 15.5 Å². The molecule has 1 aromatic heterocycles. The van der Waals surface area contributed by atoms with Crippen LogP contribution in [0.3, 0.4) is 0 Å². The lowest BCUT2D eigenvalue weighted by molar-refractivity contribution is -0.122. The van der Waals surface area contributed by atoms with Crippen molar-refractivity contribution in [2.75, 3.05) is 0 Å². The van der Waals surface area contributed by atoms with Crippen LogP contribution in [0.5, 0.6) is 0 Å². The zero-order chi connectivity index (χ0) is 16.9. The van der Waals surface area contributed by atoms with Gasteiger partial charge in [-0.2, -0.15) is 0 Å². The van der Waals surface area contributed by atoms with Gasteiger partial charge in [0, 0.05) is 30.5 Å². The summed E-state index contributed by atoms with van der Waals surface area (Å²) in [5.41, 5.74) is 6.69. The molecule has 0 radical (unpaired) electrons. The fraction of sp³-hybridized carbons (Fsp3) is 0.444. The molecule has 0 unspecified atom stereocenters. The number of halogens is 1. The summed E-state index contributed by atoms with van der Waals surface area (Å²) in [5.74, 6) is 1.20. The highest BCUT2D eigenvalue weighted by Crippen LogP contribution is 2.28. The number of nitrogens with zero attached hydrogens (tertiary/aromatic N) is 1. The number of hydrogen-bond acceptors (Lipinski definition) is 4.